The Labute approximate surface area is 105 Å². The van der Waals surface area contributed by atoms with Crippen LogP contribution in [0.1, 0.15) is 13.3 Å². The van der Waals surface area contributed by atoms with Crippen LogP contribution in [0, 0.1) is 5.92 Å². The second kappa shape index (κ2) is 4.27. The van der Waals surface area contributed by atoms with Gasteiger partial charge in [0.05, 0.1) is 5.52 Å². The summed E-state index contributed by atoms with van der Waals surface area (Å²) in [7, 11) is 0. The van der Waals surface area contributed by atoms with Crippen LogP contribution < -0.4 is 10.6 Å². The zero-order valence-electron chi connectivity index (χ0n) is 9.97. The molecule has 0 radical (unpaired) electrons. The third-order valence-electron chi connectivity index (χ3n) is 3.34. The maximum Gasteiger partial charge on any atom is 0.120 e. The molecule has 2 aromatic rings. The second-order valence-corrected chi connectivity index (χ2v) is 5.76. The maximum atomic E-state index is 6.11. The first kappa shape index (κ1) is 11.0. The van der Waals surface area contributed by atoms with Crippen LogP contribution in [0.4, 0.5) is 5.00 Å². The highest BCUT2D eigenvalue weighted by Crippen LogP contribution is 2.33. The summed E-state index contributed by atoms with van der Waals surface area (Å²) in [6.07, 6.45) is 1.13. The van der Waals surface area contributed by atoms with Crippen molar-refractivity contribution in [3.8, 4) is 0 Å². The summed E-state index contributed by atoms with van der Waals surface area (Å²) in [5, 5.41) is 2.54. The van der Waals surface area contributed by atoms with E-state index in [4.69, 9.17) is 5.73 Å². The van der Waals surface area contributed by atoms with Crippen LogP contribution in [0.25, 0.3) is 10.9 Å². The molecule has 4 heteroatoms. The quantitative estimate of drug-likeness (QED) is 0.841. The lowest BCUT2D eigenvalue weighted by atomic mass is 9.97. The molecular weight excluding hydrogens is 230 g/mol. The van der Waals surface area contributed by atoms with Gasteiger partial charge >= 0.3 is 0 Å². The molecule has 0 bridgehead atoms. The summed E-state index contributed by atoms with van der Waals surface area (Å²) in [5.41, 5.74) is 7.20. The molecule has 3 rings (SSSR count). The molecule has 1 saturated heterocycles. The first-order valence-electron chi connectivity index (χ1n) is 6.09. The van der Waals surface area contributed by atoms with E-state index in [2.05, 4.69) is 34.4 Å². The van der Waals surface area contributed by atoms with Crippen molar-refractivity contribution in [2.24, 2.45) is 11.7 Å². The van der Waals surface area contributed by atoms with Crippen molar-refractivity contribution >= 4 is 27.4 Å². The van der Waals surface area contributed by atoms with Gasteiger partial charge in [-0.25, -0.2) is 0 Å². The van der Waals surface area contributed by atoms with Crippen LogP contribution in [0.3, 0.4) is 0 Å². The van der Waals surface area contributed by atoms with Crippen LogP contribution in [-0.2, 0) is 0 Å². The highest BCUT2D eigenvalue weighted by molar-refractivity contribution is 7.11. The highest BCUT2D eigenvalue weighted by Gasteiger charge is 2.24. The molecule has 1 aromatic heterocycles. The Bertz CT molecular complexity index is 512. The predicted molar refractivity (Wildman–Crippen MR) is 73.6 cm³/mol. The molecule has 1 aliphatic rings. The SMILES string of the molecule is CC1CC(N)CN(c2snc3ccccc23)C1. The van der Waals surface area contributed by atoms with Crippen molar-refractivity contribution in [1.29, 1.82) is 0 Å². The topological polar surface area (TPSA) is 42.1 Å². The number of fused-ring (bicyclic) bond motifs is 1. The molecule has 1 aromatic carbocycles. The van der Waals surface area contributed by atoms with Gasteiger partial charge in [-0.1, -0.05) is 19.1 Å². The molecule has 3 nitrogen and oxygen atoms in total. The van der Waals surface area contributed by atoms with Crippen LogP contribution in [0.15, 0.2) is 24.3 Å². The van der Waals surface area contributed by atoms with E-state index in [1.54, 1.807) is 11.5 Å². The van der Waals surface area contributed by atoms with Gasteiger partial charge in [-0.15, -0.1) is 0 Å². The molecule has 17 heavy (non-hydrogen) atoms. The first-order valence-corrected chi connectivity index (χ1v) is 6.86. The zero-order valence-corrected chi connectivity index (χ0v) is 10.8. The minimum atomic E-state index is 0.291. The maximum absolute atomic E-state index is 6.11. The van der Waals surface area contributed by atoms with Gasteiger partial charge in [0.25, 0.3) is 0 Å². The fraction of sp³-hybridized carbons (Fsp3) is 0.462. The highest BCUT2D eigenvalue weighted by atomic mass is 32.1. The van der Waals surface area contributed by atoms with Crippen molar-refractivity contribution in [1.82, 2.24) is 4.37 Å². The lowest BCUT2D eigenvalue weighted by molar-refractivity contribution is 0.403. The van der Waals surface area contributed by atoms with Crippen molar-refractivity contribution in [2.75, 3.05) is 18.0 Å². The van der Waals surface area contributed by atoms with E-state index in [9.17, 15) is 0 Å². The Morgan fingerprint density at radius 1 is 1.35 bits per heavy atom. The Morgan fingerprint density at radius 3 is 3.00 bits per heavy atom. The molecule has 0 amide bonds. The predicted octanol–water partition coefficient (Wildman–Crippen LogP) is 2.47. The third kappa shape index (κ3) is 2.03. The Balaban J connectivity index is 1.98. The van der Waals surface area contributed by atoms with Gasteiger partial charge in [0, 0.05) is 24.5 Å². The lowest BCUT2D eigenvalue weighted by Crippen LogP contribution is -2.46. The second-order valence-electron chi connectivity index (χ2n) is 5.01. The molecule has 2 heterocycles. The summed E-state index contributed by atoms with van der Waals surface area (Å²) in [5.74, 6) is 0.666. The van der Waals surface area contributed by atoms with Crippen molar-refractivity contribution < 1.29 is 0 Å². The number of anilines is 1. The van der Waals surface area contributed by atoms with Gasteiger partial charge in [0.1, 0.15) is 5.00 Å². The number of hydrogen-bond acceptors (Lipinski definition) is 4. The molecule has 0 spiro atoms. The summed E-state index contributed by atoms with van der Waals surface area (Å²) < 4.78 is 4.50. The van der Waals surface area contributed by atoms with Gasteiger partial charge in [-0.2, -0.15) is 4.37 Å². The van der Waals surface area contributed by atoms with Gasteiger partial charge in [0.2, 0.25) is 0 Å². The minimum absolute atomic E-state index is 0.291. The fourth-order valence-corrected chi connectivity index (χ4v) is 3.55. The van der Waals surface area contributed by atoms with E-state index in [1.807, 2.05) is 6.07 Å². The molecule has 1 fully saturated rings. The average Bonchev–Trinajstić information content (AvgIpc) is 2.71. The number of rotatable bonds is 1. The number of benzene rings is 1. The molecule has 2 N–H and O–H groups in total. The minimum Gasteiger partial charge on any atom is -0.360 e. The molecule has 1 aliphatic heterocycles. The molecule has 90 valence electrons. The van der Waals surface area contributed by atoms with E-state index in [0.29, 0.717) is 12.0 Å². The van der Waals surface area contributed by atoms with Crippen molar-refractivity contribution in [2.45, 2.75) is 19.4 Å². The van der Waals surface area contributed by atoms with E-state index in [1.165, 1.54) is 10.4 Å². The summed E-state index contributed by atoms with van der Waals surface area (Å²) in [6.45, 7) is 4.33. The summed E-state index contributed by atoms with van der Waals surface area (Å²) in [4.78, 5) is 2.40. The van der Waals surface area contributed by atoms with Gasteiger partial charge in [-0.3, -0.25) is 0 Å². The van der Waals surface area contributed by atoms with Gasteiger partial charge in [-0.05, 0) is 36.0 Å². The molecule has 2 atom stereocenters. The van der Waals surface area contributed by atoms with Crippen LogP contribution in [0.5, 0.6) is 0 Å². The summed E-state index contributed by atoms with van der Waals surface area (Å²) in [6, 6.07) is 8.63. The van der Waals surface area contributed by atoms with Crippen LogP contribution >= 0.6 is 11.5 Å². The standard InChI is InChI=1S/C13H17N3S/c1-9-6-10(14)8-16(7-9)13-11-4-2-3-5-12(11)15-17-13/h2-5,9-10H,6-8,14H2,1H3. The smallest absolute Gasteiger partial charge is 0.120 e. The van der Waals surface area contributed by atoms with E-state index in [0.717, 1.165) is 25.0 Å². The number of piperidine rings is 1. The van der Waals surface area contributed by atoms with Crippen molar-refractivity contribution in [3.63, 3.8) is 0 Å². The number of hydrogen-bond donors (Lipinski definition) is 1. The summed E-state index contributed by atoms with van der Waals surface area (Å²) >= 11 is 1.59. The normalized spacial score (nSPS) is 25.4. The van der Waals surface area contributed by atoms with Crippen molar-refractivity contribution in [3.05, 3.63) is 24.3 Å². The Kier molecular flexibility index (Phi) is 2.76. The average molecular weight is 247 g/mol. The Morgan fingerprint density at radius 2 is 2.18 bits per heavy atom. The number of nitrogens with two attached hydrogens (primary N) is 1. The zero-order chi connectivity index (χ0) is 11.8. The fourth-order valence-electron chi connectivity index (χ4n) is 2.67. The Hall–Kier alpha value is -1.13. The molecular formula is C13H17N3S. The number of aromatic nitrogens is 1. The molecule has 0 aliphatic carbocycles. The monoisotopic (exact) mass is 247 g/mol. The largest absolute Gasteiger partial charge is 0.360 e. The first-order chi connectivity index (χ1) is 8.24. The van der Waals surface area contributed by atoms with Crippen LogP contribution in [-0.4, -0.2) is 23.5 Å². The van der Waals surface area contributed by atoms with Gasteiger partial charge in [0.15, 0.2) is 0 Å². The van der Waals surface area contributed by atoms with Gasteiger partial charge < -0.3 is 10.6 Å². The van der Waals surface area contributed by atoms with E-state index in [-0.39, 0.29) is 0 Å². The number of nitrogens with zero attached hydrogens (tertiary/aromatic N) is 2. The van der Waals surface area contributed by atoms with Crippen LogP contribution in [0.2, 0.25) is 0 Å². The van der Waals surface area contributed by atoms with E-state index < -0.39 is 0 Å². The lowest BCUT2D eigenvalue weighted by Gasteiger charge is -2.35. The van der Waals surface area contributed by atoms with E-state index >= 15 is 0 Å². The molecule has 0 saturated carbocycles. The molecule has 2 unspecified atom stereocenters. The third-order valence-corrected chi connectivity index (χ3v) is 4.28.